The number of hydrogen-bond acceptors (Lipinski definition) is 1. The van der Waals surface area contributed by atoms with Crippen molar-refractivity contribution < 1.29 is 0 Å². The molecule has 0 radical (unpaired) electrons. The van der Waals surface area contributed by atoms with E-state index in [4.69, 9.17) is 17.3 Å². The second kappa shape index (κ2) is 4.21. The predicted molar refractivity (Wildman–Crippen MR) is 63.4 cm³/mol. The van der Waals surface area contributed by atoms with E-state index in [1.165, 1.54) is 19.3 Å². The number of rotatable bonds is 2. The van der Waals surface area contributed by atoms with Gasteiger partial charge in [0.2, 0.25) is 0 Å². The second-order valence-corrected chi connectivity index (χ2v) is 5.27. The summed E-state index contributed by atoms with van der Waals surface area (Å²) in [6.07, 6.45) is 3.83. The summed E-state index contributed by atoms with van der Waals surface area (Å²) in [7, 11) is 0. The summed E-state index contributed by atoms with van der Waals surface area (Å²) in [5.74, 6) is 0.653. The molecule has 0 heterocycles. The third-order valence-corrected chi connectivity index (χ3v) is 3.60. The molecule has 3 heteroatoms. The van der Waals surface area contributed by atoms with Gasteiger partial charge in [-0.3, -0.25) is 0 Å². The molecule has 0 aliphatic heterocycles. The molecule has 1 aromatic carbocycles. The molecule has 0 spiro atoms. The number of benzene rings is 1. The highest BCUT2D eigenvalue weighted by atomic mass is 79.9. The molecule has 0 amide bonds. The minimum Gasteiger partial charge on any atom is -0.324 e. The maximum absolute atomic E-state index is 6.16. The summed E-state index contributed by atoms with van der Waals surface area (Å²) in [4.78, 5) is 0. The van der Waals surface area contributed by atoms with E-state index in [-0.39, 0.29) is 6.04 Å². The third-order valence-electron chi connectivity index (χ3n) is 2.93. The van der Waals surface area contributed by atoms with Crippen LogP contribution in [0.2, 0.25) is 5.02 Å². The second-order valence-electron chi connectivity index (χ2n) is 3.92. The zero-order chi connectivity index (χ0) is 10.1. The Bertz CT molecular complexity index is 316. The van der Waals surface area contributed by atoms with Crippen molar-refractivity contribution in [1.29, 1.82) is 0 Å². The van der Waals surface area contributed by atoms with Crippen LogP contribution in [-0.4, -0.2) is 0 Å². The van der Waals surface area contributed by atoms with E-state index in [0.29, 0.717) is 5.92 Å². The number of halogens is 2. The van der Waals surface area contributed by atoms with Gasteiger partial charge in [-0.25, -0.2) is 0 Å². The first-order valence-electron chi connectivity index (χ1n) is 4.88. The Morgan fingerprint density at radius 3 is 2.57 bits per heavy atom. The standard InChI is InChI=1S/C11H13BrClN/c12-9-4-8(5-10(13)6-9)11(14)7-2-1-3-7/h4-7,11H,1-3,14H2/t11-/m1/s1. The zero-order valence-corrected chi connectivity index (χ0v) is 10.2. The van der Waals surface area contributed by atoms with E-state index in [2.05, 4.69) is 22.0 Å². The first-order valence-corrected chi connectivity index (χ1v) is 6.05. The van der Waals surface area contributed by atoms with Gasteiger partial charge >= 0.3 is 0 Å². The average molecular weight is 275 g/mol. The summed E-state index contributed by atoms with van der Waals surface area (Å²) in [6, 6.07) is 6.07. The molecule has 76 valence electrons. The Kier molecular flexibility index (Phi) is 3.15. The predicted octanol–water partition coefficient (Wildman–Crippen LogP) is 3.90. The molecule has 1 atom stereocenters. The monoisotopic (exact) mass is 273 g/mol. The third kappa shape index (κ3) is 2.13. The van der Waals surface area contributed by atoms with Crippen molar-refractivity contribution in [3.63, 3.8) is 0 Å². The molecule has 2 N–H and O–H groups in total. The minimum atomic E-state index is 0.152. The van der Waals surface area contributed by atoms with Gasteiger partial charge in [-0.2, -0.15) is 0 Å². The molecule has 0 unspecified atom stereocenters. The van der Waals surface area contributed by atoms with Gasteiger partial charge in [-0.05, 0) is 42.5 Å². The minimum absolute atomic E-state index is 0.152. The molecule has 2 rings (SSSR count). The molecule has 0 saturated heterocycles. The zero-order valence-electron chi connectivity index (χ0n) is 7.84. The fourth-order valence-electron chi connectivity index (χ4n) is 1.84. The quantitative estimate of drug-likeness (QED) is 0.869. The van der Waals surface area contributed by atoms with Crippen LogP contribution in [0.25, 0.3) is 0 Å². The van der Waals surface area contributed by atoms with E-state index in [0.717, 1.165) is 15.1 Å². The molecular formula is C11H13BrClN. The van der Waals surface area contributed by atoms with Crippen LogP contribution in [0.5, 0.6) is 0 Å². The smallest absolute Gasteiger partial charge is 0.0420 e. The highest BCUT2D eigenvalue weighted by molar-refractivity contribution is 9.10. The summed E-state index contributed by atoms with van der Waals surface area (Å²) in [5, 5.41) is 0.754. The normalized spacial score (nSPS) is 19.1. The van der Waals surface area contributed by atoms with E-state index in [9.17, 15) is 0 Å². The Balaban J connectivity index is 2.21. The lowest BCUT2D eigenvalue weighted by atomic mass is 9.78. The lowest BCUT2D eigenvalue weighted by Gasteiger charge is -2.31. The van der Waals surface area contributed by atoms with Crippen LogP contribution in [0.4, 0.5) is 0 Å². The fraction of sp³-hybridized carbons (Fsp3) is 0.455. The van der Waals surface area contributed by atoms with Crippen molar-refractivity contribution in [2.45, 2.75) is 25.3 Å². The van der Waals surface area contributed by atoms with Gasteiger partial charge in [-0.1, -0.05) is 34.0 Å². The molecule has 0 aromatic heterocycles. The fourth-order valence-corrected chi connectivity index (χ4v) is 2.73. The molecule has 1 nitrogen and oxygen atoms in total. The van der Waals surface area contributed by atoms with E-state index >= 15 is 0 Å². The molecule has 14 heavy (non-hydrogen) atoms. The maximum Gasteiger partial charge on any atom is 0.0420 e. The molecular weight excluding hydrogens is 261 g/mol. The molecule has 1 aliphatic carbocycles. The maximum atomic E-state index is 6.16. The van der Waals surface area contributed by atoms with Crippen LogP contribution in [0.1, 0.15) is 30.9 Å². The summed E-state index contributed by atoms with van der Waals surface area (Å²) >= 11 is 9.40. The van der Waals surface area contributed by atoms with Gasteiger partial charge < -0.3 is 5.73 Å². The van der Waals surface area contributed by atoms with Crippen molar-refractivity contribution in [2.24, 2.45) is 11.7 Å². The summed E-state index contributed by atoms with van der Waals surface area (Å²) in [6.45, 7) is 0. The Labute approximate surface area is 97.8 Å². The molecule has 0 bridgehead atoms. The van der Waals surface area contributed by atoms with Crippen LogP contribution in [0.15, 0.2) is 22.7 Å². The first-order chi connectivity index (χ1) is 6.66. The van der Waals surface area contributed by atoms with Crippen LogP contribution in [-0.2, 0) is 0 Å². The number of nitrogens with two attached hydrogens (primary N) is 1. The van der Waals surface area contributed by atoms with Crippen molar-refractivity contribution in [1.82, 2.24) is 0 Å². The van der Waals surface area contributed by atoms with Gasteiger partial charge in [0.15, 0.2) is 0 Å². The van der Waals surface area contributed by atoms with Gasteiger partial charge in [0.25, 0.3) is 0 Å². The van der Waals surface area contributed by atoms with Crippen molar-refractivity contribution in [3.05, 3.63) is 33.3 Å². The molecule has 1 fully saturated rings. The Hall–Kier alpha value is -0.0500. The van der Waals surface area contributed by atoms with Crippen molar-refractivity contribution >= 4 is 27.5 Å². The van der Waals surface area contributed by atoms with Crippen molar-refractivity contribution in [3.8, 4) is 0 Å². The van der Waals surface area contributed by atoms with E-state index < -0.39 is 0 Å². The van der Waals surface area contributed by atoms with Gasteiger partial charge in [0.05, 0.1) is 0 Å². The Morgan fingerprint density at radius 2 is 2.07 bits per heavy atom. The lowest BCUT2D eigenvalue weighted by molar-refractivity contribution is 0.264. The van der Waals surface area contributed by atoms with Crippen molar-refractivity contribution in [2.75, 3.05) is 0 Å². The lowest BCUT2D eigenvalue weighted by Crippen LogP contribution is -2.26. The van der Waals surface area contributed by atoms with E-state index in [1.807, 2.05) is 12.1 Å². The van der Waals surface area contributed by atoms with Gasteiger partial charge in [-0.15, -0.1) is 0 Å². The van der Waals surface area contributed by atoms with E-state index in [1.54, 1.807) is 0 Å². The average Bonchev–Trinajstić information content (AvgIpc) is 1.98. The topological polar surface area (TPSA) is 26.0 Å². The Morgan fingerprint density at radius 1 is 1.36 bits per heavy atom. The molecule has 1 aliphatic rings. The van der Waals surface area contributed by atoms with Gasteiger partial charge in [0, 0.05) is 15.5 Å². The van der Waals surface area contributed by atoms with Crippen LogP contribution < -0.4 is 5.73 Å². The summed E-state index contributed by atoms with van der Waals surface area (Å²) in [5.41, 5.74) is 7.31. The van der Waals surface area contributed by atoms with Gasteiger partial charge in [0.1, 0.15) is 0 Å². The largest absolute Gasteiger partial charge is 0.324 e. The highest BCUT2D eigenvalue weighted by Gasteiger charge is 2.25. The number of hydrogen-bond donors (Lipinski definition) is 1. The SMILES string of the molecule is N[C@@H](c1cc(Cl)cc(Br)c1)C1CCC1. The molecule has 1 aromatic rings. The summed E-state index contributed by atoms with van der Waals surface area (Å²) < 4.78 is 1.01. The van der Waals surface area contributed by atoms with Crippen LogP contribution in [0.3, 0.4) is 0 Å². The van der Waals surface area contributed by atoms with Crippen LogP contribution in [0, 0.1) is 5.92 Å². The first kappa shape index (κ1) is 10.5. The highest BCUT2D eigenvalue weighted by Crippen LogP contribution is 2.37. The van der Waals surface area contributed by atoms with Crippen LogP contribution >= 0.6 is 27.5 Å². The molecule has 1 saturated carbocycles.